The van der Waals surface area contributed by atoms with Crippen LogP contribution >= 0.6 is 23.2 Å². The van der Waals surface area contributed by atoms with Gasteiger partial charge >= 0.3 is 0 Å². The summed E-state index contributed by atoms with van der Waals surface area (Å²) in [5.74, 6) is 0.576. The summed E-state index contributed by atoms with van der Waals surface area (Å²) in [6.07, 6.45) is 5.25. The summed E-state index contributed by atoms with van der Waals surface area (Å²) >= 11 is 11.6. The maximum atomic E-state index is 5.92. The SMILES string of the molecule is Clc1cnc(Nn2cccc2)c(Cl)c1. The molecule has 0 aliphatic carbocycles. The molecule has 0 aliphatic heterocycles. The molecule has 14 heavy (non-hydrogen) atoms. The van der Waals surface area contributed by atoms with Crippen molar-refractivity contribution >= 4 is 29.0 Å². The summed E-state index contributed by atoms with van der Waals surface area (Å²) in [5, 5.41) is 1.01. The lowest BCUT2D eigenvalue weighted by atomic mass is 10.5. The van der Waals surface area contributed by atoms with Crippen LogP contribution in [0.25, 0.3) is 0 Å². The van der Waals surface area contributed by atoms with Gasteiger partial charge in [-0.25, -0.2) is 4.98 Å². The zero-order chi connectivity index (χ0) is 9.97. The van der Waals surface area contributed by atoms with Gasteiger partial charge in [0.05, 0.1) is 10.0 Å². The molecule has 0 radical (unpaired) electrons. The Hall–Kier alpha value is -1.19. The van der Waals surface area contributed by atoms with Gasteiger partial charge in [-0.2, -0.15) is 0 Å². The Balaban J connectivity index is 2.25. The van der Waals surface area contributed by atoms with Crippen molar-refractivity contribution in [3.8, 4) is 0 Å². The van der Waals surface area contributed by atoms with Crippen LogP contribution in [-0.4, -0.2) is 9.66 Å². The zero-order valence-corrected chi connectivity index (χ0v) is 8.63. The van der Waals surface area contributed by atoms with E-state index in [0.29, 0.717) is 15.9 Å². The predicted octanol–water partition coefficient (Wildman–Crippen LogP) is 3.07. The summed E-state index contributed by atoms with van der Waals surface area (Å²) in [5.41, 5.74) is 2.99. The molecule has 0 fully saturated rings. The first-order valence-corrected chi connectivity index (χ1v) is 4.72. The van der Waals surface area contributed by atoms with Crippen molar-refractivity contribution in [3.05, 3.63) is 46.8 Å². The molecule has 72 valence electrons. The van der Waals surface area contributed by atoms with E-state index in [2.05, 4.69) is 10.4 Å². The van der Waals surface area contributed by atoms with Gasteiger partial charge < -0.3 is 0 Å². The molecule has 0 bridgehead atoms. The number of anilines is 1. The van der Waals surface area contributed by atoms with Gasteiger partial charge in [0.2, 0.25) is 0 Å². The van der Waals surface area contributed by atoms with Crippen molar-refractivity contribution in [2.45, 2.75) is 0 Å². The van der Waals surface area contributed by atoms with Crippen LogP contribution in [0.3, 0.4) is 0 Å². The average molecular weight is 228 g/mol. The minimum atomic E-state index is 0.492. The molecule has 2 heterocycles. The summed E-state index contributed by atoms with van der Waals surface area (Å²) in [6.45, 7) is 0. The fourth-order valence-electron chi connectivity index (χ4n) is 1.03. The standard InChI is InChI=1S/C9H7Cl2N3/c10-7-5-8(11)9(12-6-7)13-14-3-1-2-4-14/h1-6H,(H,12,13). The van der Waals surface area contributed by atoms with E-state index < -0.39 is 0 Å². The molecule has 3 nitrogen and oxygen atoms in total. The second kappa shape index (κ2) is 3.90. The molecule has 1 N–H and O–H groups in total. The minimum absolute atomic E-state index is 0.492. The Morgan fingerprint density at radius 3 is 2.57 bits per heavy atom. The maximum Gasteiger partial charge on any atom is 0.163 e. The Labute approximate surface area is 91.3 Å². The number of hydrogen-bond donors (Lipinski definition) is 1. The smallest absolute Gasteiger partial charge is 0.163 e. The monoisotopic (exact) mass is 227 g/mol. The second-order valence-corrected chi connectivity index (χ2v) is 3.53. The van der Waals surface area contributed by atoms with Crippen molar-refractivity contribution in [1.82, 2.24) is 9.66 Å². The Bertz CT molecular complexity index is 426. The fourth-order valence-corrected chi connectivity index (χ4v) is 1.45. The number of nitrogens with one attached hydrogen (secondary N) is 1. The molecule has 0 aromatic carbocycles. The van der Waals surface area contributed by atoms with Crippen LogP contribution in [0.1, 0.15) is 0 Å². The van der Waals surface area contributed by atoms with Gasteiger partial charge in [0, 0.05) is 18.6 Å². The highest BCUT2D eigenvalue weighted by molar-refractivity contribution is 6.35. The quantitative estimate of drug-likeness (QED) is 0.855. The van der Waals surface area contributed by atoms with Gasteiger partial charge in [-0.05, 0) is 18.2 Å². The van der Waals surface area contributed by atoms with E-state index in [1.807, 2.05) is 24.5 Å². The van der Waals surface area contributed by atoms with Crippen molar-refractivity contribution in [2.75, 3.05) is 5.43 Å². The number of halogens is 2. The third-order valence-electron chi connectivity index (χ3n) is 1.65. The average Bonchev–Trinajstić information content (AvgIpc) is 2.62. The highest BCUT2D eigenvalue weighted by Gasteiger charge is 2.01. The lowest BCUT2D eigenvalue weighted by Gasteiger charge is -2.07. The fraction of sp³-hybridized carbons (Fsp3) is 0. The lowest BCUT2D eigenvalue weighted by molar-refractivity contribution is 0.953. The van der Waals surface area contributed by atoms with E-state index in [4.69, 9.17) is 23.2 Å². The third-order valence-corrected chi connectivity index (χ3v) is 2.14. The number of aromatic nitrogens is 2. The van der Waals surface area contributed by atoms with Gasteiger partial charge in [-0.1, -0.05) is 23.2 Å². The molecule has 2 aromatic rings. The number of pyridine rings is 1. The van der Waals surface area contributed by atoms with Gasteiger partial charge in [0.25, 0.3) is 0 Å². The first-order valence-electron chi connectivity index (χ1n) is 3.97. The van der Waals surface area contributed by atoms with Crippen LogP contribution in [0.15, 0.2) is 36.8 Å². The Kier molecular flexibility index (Phi) is 2.61. The topological polar surface area (TPSA) is 29.9 Å². The van der Waals surface area contributed by atoms with Crippen LogP contribution < -0.4 is 5.43 Å². The molecule has 0 atom stereocenters. The molecule has 5 heteroatoms. The number of rotatable bonds is 2. The normalized spacial score (nSPS) is 10.1. The van der Waals surface area contributed by atoms with Crippen LogP contribution in [0.2, 0.25) is 10.0 Å². The summed E-state index contributed by atoms with van der Waals surface area (Å²) in [6, 6.07) is 5.44. The minimum Gasteiger partial charge on any atom is -0.277 e. The molecule has 2 rings (SSSR count). The molecule has 0 aliphatic rings. The van der Waals surface area contributed by atoms with Crippen molar-refractivity contribution < 1.29 is 0 Å². The molecule has 2 aromatic heterocycles. The third kappa shape index (κ3) is 2.00. The van der Waals surface area contributed by atoms with E-state index in [0.717, 1.165) is 0 Å². The van der Waals surface area contributed by atoms with Gasteiger partial charge in [0.15, 0.2) is 5.82 Å². The van der Waals surface area contributed by atoms with Gasteiger partial charge in [0.1, 0.15) is 0 Å². The second-order valence-electron chi connectivity index (χ2n) is 2.69. The van der Waals surface area contributed by atoms with Crippen molar-refractivity contribution in [1.29, 1.82) is 0 Å². The predicted molar refractivity (Wildman–Crippen MR) is 57.7 cm³/mol. The molecule has 0 unspecified atom stereocenters. The summed E-state index contributed by atoms with van der Waals surface area (Å²) in [7, 11) is 0. The highest BCUT2D eigenvalue weighted by Crippen LogP contribution is 2.22. The van der Waals surface area contributed by atoms with Crippen LogP contribution in [0.4, 0.5) is 5.82 Å². The molecule has 0 saturated heterocycles. The summed E-state index contributed by atoms with van der Waals surface area (Å²) in [4.78, 5) is 4.06. The van der Waals surface area contributed by atoms with E-state index in [9.17, 15) is 0 Å². The molecular formula is C9H7Cl2N3. The molecular weight excluding hydrogens is 221 g/mol. The molecule has 0 saturated carbocycles. The highest BCUT2D eigenvalue weighted by atomic mass is 35.5. The maximum absolute atomic E-state index is 5.92. The number of nitrogens with zero attached hydrogens (tertiary/aromatic N) is 2. The van der Waals surface area contributed by atoms with Gasteiger partial charge in [-0.15, -0.1) is 0 Å². The van der Waals surface area contributed by atoms with Gasteiger partial charge in [-0.3, -0.25) is 10.1 Å². The Morgan fingerprint density at radius 2 is 1.93 bits per heavy atom. The van der Waals surface area contributed by atoms with E-state index in [-0.39, 0.29) is 0 Å². The first-order chi connectivity index (χ1) is 6.75. The van der Waals surface area contributed by atoms with E-state index in [1.54, 1.807) is 16.9 Å². The first kappa shape index (κ1) is 9.37. The van der Waals surface area contributed by atoms with Crippen LogP contribution in [0.5, 0.6) is 0 Å². The van der Waals surface area contributed by atoms with Crippen molar-refractivity contribution in [3.63, 3.8) is 0 Å². The van der Waals surface area contributed by atoms with E-state index in [1.165, 1.54) is 0 Å². The van der Waals surface area contributed by atoms with Crippen molar-refractivity contribution in [2.24, 2.45) is 0 Å². The zero-order valence-electron chi connectivity index (χ0n) is 7.11. The largest absolute Gasteiger partial charge is 0.277 e. The number of hydrogen-bond acceptors (Lipinski definition) is 2. The van der Waals surface area contributed by atoms with Crippen LogP contribution in [0, 0.1) is 0 Å². The molecule has 0 amide bonds. The molecule has 0 spiro atoms. The lowest BCUT2D eigenvalue weighted by Crippen LogP contribution is -2.07. The summed E-state index contributed by atoms with van der Waals surface area (Å²) < 4.78 is 1.75. The van der Waals surface area contributed by atoms with Crippen LogP contribution in [-0.2, 0) is 0 Å². The van der Waals surface area contributed by atoms with E-state index >= 15 is 0 Å². The Morgan fingerprint density at radius 1 is 1.21 bits per heavy atom.